The number of fused-ring (bicyclic) bond motifs is 12. The Balaban J connectivity index is 0.000000148. The van der Waals surface area contributed by atoms with Gasteiger partial charge in [-0.3, -0.25) is 28.9 Å². The van der Waals surface area contributed by atoms with Gasteiger partial charge in [-0.25, -0.2) is 0 Å². The third kappa shape index (κ3) is 14.2. The summed E-state index contributed by atoms with van der Waals surface area (Å²) in [6, 6.07) is 21.1. The summed E-state index contributed by atoms with van der Waals surface area (Å²) in [5.74, 6) is 7.95. The molecule has 0 bridgehead atoms. The molecule has 10 aliphatic carbocycles. The van der Waals surface area contributed by atoms with Gasteiger partial charge in [0.05, 0.1) is 36.1 Å². The number of aldehydes is 1. The predicted octanol–water partition coefficient (Wildman–Crippen LogP) is 14.1. The maximum atomic E-state index is 12.8. The highest BCUT2D eigenvalue weighted by atomic mass is 16.5. The zero-order valence-electron chi connectivity index (χ0n) is 65.5. The van der Waals surface area contributed by atoms with Crippen LogP contribution in [0.1, 0.15) is 246 Å². The Hall–Kier alpha value is -5.06. The Labute approximate surface area is 629 Å². The summed E-state index contributed by atoms with van der Waals surface area (Å²) in [5.41, 5.74) is 7.57. The minimum atomic E-state index is -0.0989. The number of carbonyl (C=O) groups excluding carboxylic acids is 6. The van der Waals surface area contributed by atoms with Crippen molar-refractivity contribution in [2.45, 2.75) is 290 Å². The van der Waals surface area contributed by atoms with Crippen LogP contribution in [0.25, 0.3) is 0 Å². The predicted molar refractivity (Wildman–Crippen MR) is 412 cm³/mol. The number of allylic oxidation sites excluding steroid dienone is 3. The second-order valence-corrected chi connectivity index (χ2v) is 37.8. The summed E-state index contributed by atoms with van der Waals surface area (Å²) in [7, 11) is 0. The van der Waals surface area contributed by atoms with Crippen LogP contribution in [-0.2, 0) is 51.1 Å². The maximum absolute atomic E-state index is 12.8. The Bertz CT molecular complexity index is 3530. The van der Waals surface area contributed by atoms with Crippen LogP contribution in [0.3, 0.4) is 0 Å². The van der Waals surface area contributed by atoms with E-state index in [2.05, 4.69) is 111 Å². The standard InChI is InChI=1S/C45H65N3O4.C28H43NO2.C17H24N2O3/c1-30-25-38-41(48(28-30)24-23-47-39(50)13-9-6-10-22-46-40(51)17-14-32-11-7-5-8-12-32)31(2)45(52-38)21-19-36-35-16-15-33-26-34(49)18-20-42(33,3)37(35)27-44(36)29-43(44,45)4;1-16-11-23-24(29-14-16)17(2)28(31-23)10-8-21-20-6-5-18-12-19(30)7-9-25(18,3)22(20)13-27(21)15-26(27,28)4;20-14-13-19-16(21)9-5-2-6-12-18-17(22)11-10-15-7-3-1-4-8-15/h5,7-8,11-12,26,30-31,35-38,41H,6,9-10,13-25,27-29H2,1-4H3,(H,46,51)(H,47,50);5,16-17,19-24,29-30H,6-15H2,1-4H3;1,3-4,7-8,14H,2,5-6,9-13H2,(H,18,22)(H,19,21)/t30-,31+,35-,36-,37-,38+,41-,42-,43?,44?,45+;16-,17+,19-,20-,21-,22-,23+,24-,25-,26?,27?,28+;/m00./s1. The quantitative estimate of drug-likeness (QED) is 0.0351. The SMILES string of the molecule is C[C@@H]1CN[C@H]2[C@@H](C)[C@@]3(CC[C@H]4[C@@H]5CC=C6C[C@@H](O)CC[C@]6(C)[C@H]5CC45CC53C)O[C@@H]2C1.C[C@H]1C[C@H]2O[C@]3(CC[C@H]4[C@@H]5CCC6=CC(=O)CC[C@]6(C)[C@H]5CC45CC53C)[C@H](C)[C@@H]2N(CCNC(=O)CCCCCNC(=O)CCc2ccccc2)C1.O=CCNC(=O)CCCCCNC(=O)CCc1ccccc1. The monoisotopic (exact) mass is 1440 g/mol. The topological polar surface area (TPSA) is 204 Å². The highest BCUT2D eigenvalue weighted by Gasteiger charge is 2.86. The molecule has 14 aliphatic rings. The molecule has 2 aromatic rings. The van der Waals surface area contributed by atoms with E-state index < -0.39 is 0 Å². The Kier molecular flexibility index (Phi) is 22.7. The normalized spacial score (nSPS) is 41.6. The number of aliphatic hydroxyl groups is 1. The highest BCUT2D eigenvalue weighted by molar-refractivity contribution is 5.91. The zero-order valence-corrected chi connectivity index (χ0v) is 65.5. The van der Waals surface area contributed by atoms with Crippen molar-refractivity contribution in [3.63, 3.8) is 0 Å². The molecule has 8 saturated carbocycles. The van der Waals surface area contributed by atoms with E-state index in [0.717, 1.165) is 151 Å². The van der Waals surface area contributed by atoms with Crippen LogP contribution in [0.5, 0.6) is 0 Å². The first-order chi connectivity index (χ1) is 50.5. The van der Waals surface area contributed by atoms with Crippen molar-refractivity contribution in [3.05, 3.63) is 95.1 Å². The van der Waals surface area contributed by atoms with Gasteiger partial charge in [0.1, 0.15) is 6.29 Å². The molecule has 576 valence electrons. The zero-order chi connectivity index (χ0) is 73.7. The third-order valence-electron chi connectivity index (χ3n) is 32.5. The molecule has 16 rings (SSSR count). The van der Waals surface area contributed by atoms with Gasteiger partial charge in [0.15, 0.2) is 5.78 Å². The molecular weight excluding hydrogens is 1310 g/mol. The fourth-order valence-electron chi connectivity index (χ4n) is 27.0. The number of ketones is 1. The summed E-state index contributed by atoms with van der Waals surface area (Å²) < 4.78 is 14.7. The number of benzene rings is 2. The third-order valence-corrected chi connectivity index (χ3v) is 32.5. The van der Waals surface area contributed by atoms with Crippen molar-refractivity contribution < 1.29 is 43.3 Å². The lowest BCUT2D eigenvalue weighted by Crippen LogP contribution is -2.55. The lowest BCUT2D eigenvalue weighted by atomic mass is 9.56. The van der Waals surface area contributed by atoms with E-state index >= 15 is 0 Å². The van der Waals surface area contributed by atoms with Crippen LogP contribution >= 0.6 is 0 Å². The van der Waals surface area contributed by atoms with Gasteiger partial charge >= 0.3 is 0 Å². The van der Waals surface area contributed by atoms with Crippen LogP contribution in [0, 0.1) is 91.7 Å². The van der Waals surface area contributed by atoms with Crippen LogP contribution in [-0.4, -0.2) is 133 Å². The van der Waals surface area contributed by atoms with Gasteiger partial charge in [0.25, 0.3) is 0 Å². The van der Waals surface area contributed by atoms with Gasteiger partial charge < -0.3 is 46.0 Å². The fourth-order valence-corrected chi connectivity index (χ4v) is 27.0. The van der Waals surface area contributed by atoms with Crippen molar-refractivity contribution in [2.75, 3.05) is 45.8 Å². The molecule has 105 heavy (non-hydrogen) atoms. The number of carbonyl (C=O) groups is 6. The first kappa shape index (κ1) is 76.7. The number of piperidine rings is 2. The molecule has 15 nitrogen and oxygen atoms in total. The van der Waals surface area contributed by atoms with Crippen LogP contribution in [0.15, 0.2) is 84.0 Å². The van der Waals surface area contributed by atoms with E-state index in [1.54, 1.807) is 5.57 Å². The van der Waals surface area contributed by atoms with Gasteiger partial charge in [-0.1, -0.05) is 146 Å². The Morgan fingerprint density at radius 2 is 1.14 bits per heavy atom. The van der Waals surface area contributed by atoms with Crippen LogP contribution in [0.2, 0.25) is 0 Å². The average Bonchev–Trinajstić information content (AvgIpc) is 1.47. The maximum Gasteiger partial charge on any atom is 0.220 e. The molecule has 4 amide bonds. The molecule has 4 heterocycles. The summed E-state index contributed by atoms with van der Waals surface area (Å²) in [6.45, 7) is 25.4. The van der Waals surface area contributed by atoms with E-state index in [-0.39, 0.29) is 64.4 Å². The van der Waals surface area contributed by atoms with E-state index in [9.17, 15) is 33.9 Å². The minimum Gasteiger partial charge on any atom is -0.393 e. The molecule has 4 saturated heterocycles. The number of aliphatic hydroxyl groups excluding tert-OH is 1. The molecule has 0 aromatic heterocycles. The molecule has 15 heteroatoms. The van der Waals surface area contributed by atoms with Gasteiger partial charge in [0, 0.05) is 99.6 Å². The largest absolute Gasteiger partial charge is 0.393 e. The summed E-state index contributed by atoms with van der Waals surface area (Å²) in [4.78, 5) is 73.1. The Morgan fingerprint density at radius 1 is 0.590 bits per heavy atom. The van der Waals surface area contributed by atoms with Crippen LogP contribution < -0.4 is 26.6 Å². The Morgan fingerprint density at radius 3 is 1.77 bits per heavy atom. The number of likely N-dealkylation sites (tertiary alicyclic amines) is 1. The van der Waals surface area contributed by atoms with Gasteiger partial charge in [0.2, 0.25) is 23.6 Å². The average molecular weight is 1440 g/mol. The lowest BCUT2D eigenvalue weighted by Gasteiger charge is -2.50. The van der Waals surface area contributed by atoms with E-state index in [0.29, 0.717) is 115 Å². The van der Waals surface area contributed by atoms with Crippen molar-refractivity contribution >= 4 is 35.7 Å². The number of rotatable bonds is 23. The van der Waals surface area contributed by atoms with Gasteiger partial charge in [-0.15, -0.1) is 0 Å². The minimum absolute atomic E-state index is 0.0542. The smallest absolute Gasteiger partial charge is 0.220 e. The molecule has 4 spiro atoms. The van der Waals surface area contributed by atoms with Crippen molar-refractivity contribution in [1.82, 2.24) is 31.5 Å². The fraction of sp³-hybridized carbons (Fsp3) is 0.756. The van der Waals surface area contributed by atoms with Crippen molar-refractivity contribution in [1.29, 1.82) is 0 Å². The molecule has 4 aliphatic heterocycles. The molecular formula is C90H132N6O9. The summed E-state index contributed by atoms with van der Waals surface area (Å²) >= 11 is 0. The number of hydrogen-bond donors (Lipinski definition) is 6. The molecule has 2 aromatic carbocycles. The van der Waals surface area contributed by atoms with Crippen molar-refractivity contribution in [2.24, 2.45) is 91.7 Å². The van der Waals surface area contributed by atoms with Crippen LogP contribution in [0.4, 0.5) is 0 Å². The number of nitrogens with zero attached hydrogens (tertiary/aromatic N) is 1. The molecule has 12 fully saturated rings. The molecule has 0 radical (unpaired) electrons. The second-order valence-electron chi connectivity index (χ2n) is 37.8. The molecule has 4 unspecified atom stereocenters. The van der Waals surface area contributed by atoms with Crippen molar-refractivity contribution in [3.8, 4) is 0 Å². The van der Waals surface area contributed by atoms with E-state index in [1.165, 1.54) is 93.7 Å². The highest BCUT2D eigenvalue weighted by Crippen LogP contribution is 2.89. The number of unbranched alkanes of at least 4 members (excludes halogenated alkanes) is 4. The summed E-state index contributed by atoms with van der Waals surface area (Å²) in [5, 5.41) is 25.9. The number of aryl methyl sites for hydroxylation is 2. The number of hydrogen-bond acceptors (Lipinski definition) is 11. The van der Waals surface area contributed by atoms with E-state index in [1.807, 2.05) is 48.5 Å². The number of nitrogens with one attached hydrogen (secondary N) is 5. The lowest BCUT2D eigenvalue weighted by molar-refractivity contribution is -0.148. The first-order valence-electron chi connectivity index (χ1n) is 42.5. The first-order valence-corrected chi connectivity index (χ1v) is 42.5. The van der Waals surface area contributed by atoms with Gasteiger partial charge in [-0.2, -0.15) is 0 Å². The summed E-state index contributed by atoms with van der Waals surface area (Å²) in [6.07, 6.45) is 36.3. The van der Waals surface area contributed by atoms with E-state index in [4.69, 9.17) is 9.47 Å². The molecule has 23 atom stereocenters. The second kappa shape index (κ2) is 31.0. The van der Waals surface area contributed by atoms with Gasteiger partial charge in [-0.05, 0) is 240 Å². The molecule has 6 N–H and O–H groups in total. The number of amides is 4. The number of ether oxygens (including phenoxy) is 2.